The van der Waals surface area contributed by atoms with Gasteiger partial charge in [0.15, 0.2) is 0 Å². The van der Waals surface area contributed by atoms with Gasteiger partial charge in [-0.2, -0.15) is 0 Å². The molecule has 0 atom stereocenters. The van der Waals surface area contributed by atoms with Crippen LogP contribution in [0.4, 0.5) is 16.2 Å². The van der Waals surface area contributed by atoms with Gasteiger partial charge in [-0.25, -0.2) is 4.79 Å². The zero-order valence-corrected chi connectivity index (χ0v) is 13.9. The molecule has 0 aliphatic carbocycles. The fourth-order valence-corrected chi connectivity index (χ4v) is 2.50. The number of methoxy groups -OCH3 is 1. The van der Waals surface area contributed by atoms with Crippen LogP contribution in [0.15, 0.2) is 60.8 Å². The highest BCUT2D eigenvalue weighted by atomic mass is 16.5. The Morgan fingerprint density at radius 1 is 1.04 bits per heavy atom. The average Bonchev–Trinajstić information content (AvgIpc) is 2.66. The van der Waals surface area contributed by atoms with Crippen molar-refractivity contribution in [3.05, 3.63) is 66.5 Å². The lowest BCUT2D eigenvalue weighted by Crippen LogP contribution is -2.25. The van der Waals surface area contributed by atoms with Crippen LogP contribution in [0.25, 0.3) is 10.8 Å². The number of rotatable bonds is 3. The number of nitrogens with zero attached hydrogens (tertiary/aromatic N) is 2. The van der Waals surface area contributed by atoms with Gasteiger partial charge < -0.3 is 10.1 Å². The second-order valence-electron chi connectivity index (χ2n) is 5.41. The number of fused-ring (bicyclic) bond motifs is 1. The molecule has 2 aromatic carbocycles. The highest BCUT2D eigenvalue weighted by Crippen LogP contribution is 2.20. The third-order valence-corrected chi connectivity index (χ3v) is 3.85. The molecule has 3 aromatic rings. The van der Waals surface area contributed by atoms with E-state index in [9.17, 15) is 9.59 Å². The minimum atomic E-state index is -0.461. The van der Waals surface area contributed by atoms with Gasteiger partial charge in [-0.15, -0.1) is 0 Å². The monoisotopic (exact) mass is 335 g/mol. The summed E-state index contributed by atoms with van der Waals surface area (Å²) in [6, 6.07) is 16.3. The smallest absolute Gasteiger partial charge is 0.413 e. The predicted molar refractivity (Wildman–Crippen MR) is 96.9 cm³/mol. The van der Waals surface area contributed by atoms with E-state index < -0.39 is 6.09 Å². The van der Waals surface area contributed by atoms with Crippen molar-refractivity contribution >= 4 is 34.1 Å². The van der Waals surface area contributed by atoms with Gasteiger partial charge in [0.25, 0.3) is 5.91 Å². The molecule has 25 heavy (non-hydrogen) atoms. The fraction of sp³-hybridized carbons (Fsp3) is 0.105. The first-order valence-corrected chi connectivity index (χ1v) is 7.67. The number of hydrogen-bond donors (Lipinski definition) is 1. The van der Waals surface area contributed by atoms with Crippen LogP contribution in [0, 0.1) is 0 Å². The molecule has 0 bridgehead atoms. The molecule has 0 saturated heterocycles. The van der Waals surface area contributed by atoms with Crippen LogP contribution < -0.4 is 10.2 Å². The lowest BCUT2D eigenvalue weighted by molar-refractivity contribution is 0.102. The second kappa shape index (κ2) is 7.00. The molecular formula is C19H17N3O3. The Kier molecular flexibility index (Phi) is 4.61. The largest absolute Gasteiger partial charge is 0.452 e. The molecule has 1 heterocycles. The van der Waals surface area contributed by atoms with Crippen LogP contribution in [0.5, 0.6) is 0 Å². The Labute approximate surface area is 145 Å². The number of pyridine rings is 1. The van der Waals surface area contributed by atoms with Gasteiger partial charge in [-0.05, 0) is 35.7 Å². The molecule has 0 fully saturated rings. The van der Waals surface area contributed by atoms with E-state index in [0.717, 1.165) is 10.8 Å². The number of aromatic nitrogens is 1. The highest BCUT2D eigenvalue weighted by molar-refractivity contribution is 6.11. The molecule has 0 unspecified atom stereocenters. The summed E-state index contributed by atoms with van der Waals surface area (Å²) in [6.07, 6.45) is 1.16. The van der Waals surface area contributed by atoms with E-state index in [2.05, 4.69) is 15.0 Å². The molecule has 0 radical (unpaired) electrons. The molecule has 126 valence electrons. The summed E-state index contributed by atoms with van der Waals surface area (Å²) in [5, 5.41) is 4.58. The normalized spacial score (nSPS) is 10.3. The quantitative estimate of drug-likeness (QED) is 0.792. The fourth-order valence-electron chi connectivity index (χ4n) is 2.50. The molecule has 3 rings (SSSR count). The minimum Gasteiger partial charge on any atom is -0.452 e. The van der Waals surface area contributed by atoms with Crippen LogP contribution in [0.1, 0.15) is 10.5 Å². The highest BCUT2D eigenvalue weighted by Gasteiger charge is 2.13. The van der Waals surface area contributed by atoms with E-state index in [4.69, 9.17) is 0 Å². The van der Waals surface area contributed by atoms with E-state index in [1.54, 1.807) is 37.5 Å². The Bertz CT molecular complexity index is 917. The van der Waals surface area contributed by atoms with Gasteiger partial charge in [0.05, 0.1) is 7.11 Å². The predicted octanol–water partition coefficient (Wildman–Crippen LogP) is 3.69. The number of carbonyl (C=O) groups excluding carboxylic acids is 2. The summed E-state index contributed by atoms with van der Waals surface area (Å²) >= 11 is 0. The molecule has 0 saturated carbocycles. The summed E-state index contributed by atoms with van der Waals surface area (Å²) in [5.41, 5.74) is 1.64. The van der Waals surface area contributed by atoms with E-state index in [0.29, 0.717) is 17.1 Å². The molecule has 6 heteroatoms. The molecule has 0 spiro atoms. The van der Waals surface area contributed by atoms with Crippen molar-refractivity contribution < 1.29 is 14.3 Å². The van der Waals surface area contributed by atoms with Crippen molar-refractivity contribution in [3.63, 3.8) is 0 Å². The van der Waals surface area contributed by atoms with Crippen molar-refractivity contribution in [2.75, 3.05) is 24.4 Å². The Morgan fingerprint density at radius 3 is 2.48 bits per heavy atom. The zero-order valence-electron chi connectivity index (χ0n) is 13.9. The van der Waals surface area contributed by atoms with Crippen molar-refractivity contribution in [1.29, 1.82) is 0 Å². The Balaban J connectivity index is 1.80. The summed E-state index contributed by atoms with van der Waals surface area (Å²) in [5.74, 6) is -0.286. The van der Waals surface area contributed by atoms with Crippen molar-refractivity contribution in [3.8, 4) is 0 Å². The Hall–Kier alpha value is -3.41. The average molecular weight is 335 g/mol. The number of nitrogens with one attached hydrogen (secondary N) is 1. The molecule has 2 amide bonds. The number of hydrogen-bond acceptors (Lipinski definition) is 4. The molecule has 1 aromatic heterocycles. The number of anilines is 2. The molecule has 0 aliphatic heterocycles. The van der Waals surface area contributed by atoms with Crippen molar-refractivity contribution in [2.45, 2.75) is 0 Å². The second-order valence-corrected chi connectivity index (χ2v) is 5.41. The minimum absolute atomic E-state index is 0.286. The van der Waals surface area contributed by atoms with E-state index in [1.165, 1.54) is 12.0 Å². The zero-order chi connectivity index (χ0) is 17.8. The number of ether oxygens (including phenoxy) is 1. The van der Waals surface area contributed by atoms with Gasteiger partial charge in [0.2, 0.25) is 0 Å². The summed E-state index contributed by atoms with van der Waals surface area (Å²) < 4.78 is 4.67. The van der Waals surface area contributed by atoms with Gasteiger partial charge in [0.1, 0.15) is 5.69 Å². The van der Waals surface area contributed by atoms with Gasteiger partial charge in [-0.1, -0.05) is 24.3 Å². The van der Waals surface area contributed by atoms with E-state index >= 15 is 0 Å². The standard InChI is InChI=1S/C19H17N3O3/c1-22(19(24)25-2)15-9-7-14(8-10-15)21-18(23)17-16-6-4-3-5-13(16)11-12-20-17/h3-12H,1-2H3,(H,21,23). The first kappa shape index (κ1) is 16.4. The maximum absolute atomic E-state index is 12.5. The van der Waals surface area contributed by atoms with Crippen LogP contribution in [-0.2, 0) is 4.74 Å². The number of carbonyl (C=O) groups is 2. The van der Waals surface area contributed by atoms with E-state index in [-0.39, 0.29) is 5.91 Å². The summed E-state index contributed by atoms with van der Waals surface area (Å²) in [6.45, 7) is 0. The van der Waals surface area contributed by atoms with Crippen molar-refractivity contribution in [1.82, 2.24) is 4.98 Å². The van der Waals surface area contributed by atoms with Crippen LogP contribution in [0.2, 0.25) is 0 Å². The van der Waals surface area contributed by atoms with Gasteiger partial charge >= 0.3 is 6.09 Å². The van der Waals surface area contributed by atoms with Crippen molar-refractivity contribution in [2.24, 2.45) is 0 Å². The van der Waals surface area contributed by atoms with Crippen LogP contribution in [-0.4, -0.2) is 31.1 Å². The Morgan fingerprint density at radius 2 is 1.76 bits per heavy atom. The van der Waals surface area contributed by atoms with E-state index in [1.807, 2.05) is 30.3 Å². The molecule has 1 N–H and O–H groups in total. The molecule has 0 aliphatic rings. The third-order valence-electron chi connectivity index (χ3n) is 3.85. The number of benzene rings is 2. The maximum atomic E-state index is 12.5. The SMILES string of the molecule is COC(=O)N(C)c1ccc(NC(=O)c2nccc3ccccc23)cc1. The maximum Gasteiger partial charge on any atom is 0.413 e. The molecular weight excluding hydrogens is 318 g/mol. The van der Waals surface area contributed by atoms with Crippen LogP contribution in [0.3, 0.4) is 0 Å². The first-order valence-electron chi connectivity index (χ1n) is 7.67. The lowest BCUT2D eigenvalue weighted by Gasteiger charge is -2.16. The lowest BCUT2D eigenvalue weighted by atomic mass is 10.1. The van der Waals surface area contributed by atoms with Gasteiger partial charge in [0, 0.05) is 30.0 Å². The topological polar surface area (TPSA) is 71.5 Å². The first-order chi connectivity index (χ1) is 12.1. The van der Waals surface area contributed by atoms with Gasteiger partial charge in [-0.3, -0.25) is 14.7 Å². The van der Waals surface area contributed by atoms with Crippen LogP contribution >= 0.6 is 0 Å². The third kappa shape index (κ3) is 3.42. The summed E-state index contributed by atoms with van der Waals surface area (Å²) in [7, 11) is 2.93. The summed E-state index contributed by atoms with van der Waals surface area (Å²) in [4.78, 5) is 29.6. The molecule has 6 nitrogen and oxygen atoms in total. The number of amides is 2.